The summed E-state index contributed by atoms with van der Waals surface area (Å²) in [6.07, 6.45) is 5.01. The maximum Gasteiger partial charge on any atom is 0.238 e. The van der Waals surface area contributed by atoms with Crippen LogP contribution >= 0.6 is 11.6 Å². The Hall–Kier alpha value is -2.90. The number of rotatable bonds is 6. The Balaban J connectivity index is 1.49. The Labute approximate surface area is 205 Å². The summed E-state index contributed by atoms with van der Waals surface area (Å²) in [4.78, 5) is 38.9. The predicted octanol–water partition coefficient (Wildman–Crippen LogP) is 3.98. The van der Waals surface area contributed by atoms with Crippen LogP contribution in [0, 0.1) is 0 Å². The molecule has 8 heteroatoms. The molecule has 2 aliphatic rings. The maximum absolute atomic E-state index is 13.1. The quantitative estimate of drug-likeness (QED) is 0.580. The molecule has 0 saturated carbocycles. The molecule has 0 unspecified atom stereocenters. The summed E-state index contributed by atoms with van der Waals surface area (Å²) in [5.41, 5.74) is 2.29. The minimum Gasteiger partial charge on any atom is -0.352 e. The van der Waals surface area contributed by atoms with Gasteiger partial charge in [-0.25, -0.2) is 0 Å². The van der Waals surface area contributed by atoms with Crippen molar-refractivity contribution in [2.75, 3.05) is 17.2 Å². The second-order valence-electron chi connectivity index (χ2n) is 9.16. The van der Waals surface area contributed by atoms with E-state index in [9.17, 15) is 14.4 Å². The van der Waals surface area contributed by atoms with Crippen LogP contribution in [-0.4, -0.2) is 47.3 Å². The van der Waals surface area contributed by atoms with Gasteiger partial charge in [-0.05, 0) is 49.4 Å². The van der Waals surface area contributed by atoms with Crippen LogP contribution < -0.4 is 16.0 Å². The zero-order valence-electron chi connectivity index (χ0n) is 19.4. The first-order chi connectivity index (χ1) is 16.4. The number of halogens is 1. The Bertz CT molecular complexity index is 1050. The lowest BCUT2D eigenvalue weighted by Gasteiger charge is -2.32. The zero-order valence-corrected chi connectivity index (χ0v) is 20.1. The number of likely N-dealkylation sites (tertiary alicyclic amines) is 1. The average Bonchev–Trinajstić information content (AvgIpc) is 3.06. The second kappa shape index (κ2) is 11.0. The molecule has 180 valence electrons. The van der Waals surface area contributed by atoms with E-state index in [1.54, 1.807) is 18.2 Å². The van der Waals surface area contributed by atoms with Gasteiger partial charge in [-0.3, -0.25) is 19.3 Å². The van der Waals surface area contributed by atoms with E-state index in [1.807, 2.05) is 18.2 Å². The van der Waals surface area contributed by atoms with E-state index >= 15 is 0 Å². The highest BCUT2D eigenvalue weighted by Crippen LogP contribution is 2.32. The van der Waals surface area contributed by atoms with Crippen LogP contribution in [0.1, 0.15) is 44.6 Å². The van der Waals surface area contributed by atoms with E-state index in [0.717, 1.165) is 32.1 Å². The van der Waals surface area contributed by atoms with E-state index in [-0.39, 0.29) is 42.4 Å². The largest absolute Gasteiger partial charge is 0.352 e. The topological polar surface area (TPSA) is 90.5 Å². The number of nitrogens with one attached hydrogen (secondary N) is 3. The van der Waals surface area contributed by atoms with Gasteiger partial charge in [0.15, 0.2) is 0 Å². The third-order valence-corrected chi connectivity index (χ3v) is 6.90. The number of anilines is 2. The number of benzene rings is 2. The lowest BCUT2D eigenvalue weighted by Crippen LogP contribution is -2.48. The minimum atomic E-state index is -0.188. The molecule has 4 rings (SSSR count). The first-order valence-corrected chi connectivity index (χ1v) is 12.2. The molecule has 2 aromatic carbocycles. The van der Waals surface area contributed by atoms with Crippen molar-refractivity contribution in [3.63, 3.8) is 0 Å². The van der Waals surface area contributed by atoms with E-state index < -0.39 is 0 Å². The molecule has 0 radical (unpaired) electrons. The van der Waals surface area contributed by atoms with Crippen molar-refractivity contribution >= 4 is 40.7 Å². The number of nitrogens with zero attached hydrogens (tertiary/aromatic N) is 1. The maximum atomic E-state index is 13.1. The summed E-state index contributed by atoms with van der Waals surface area (Å²) in [7, 11) is 0. The van der Waals surface area contributed by atoms with Crippen LogP contribution in [0.15, 0.2) is 48.5 Å². The van der Waals surface area contributed by atoms with E-state index in [0.29, 0.717) is 22.8 Å². The molecule has 2 aromatic rings. The molecule has 0 bridgehead atoms. The van der Waals surface area contributed by atoms with Crippen molar-refractivity contribution in [2.24, 2.45) is 0 Å². The summed E-state index contributed by atoms with van der Waals surface area (Å²) in [5, 5.41) is 9.17. The normalized spacial score (nSPS) is 22.8. The first kappa shape index (κ1) is 24.2. The highest BCUT2D eigenvalue weighted by molar-refractivity contribution is 6.34. The van der Waals surface area contributed by atoms with E-state index in [4.69, 9.17) is 11.6 Å². The molecule has 2 heterocycles. The van der Waals surface area contributed by atoms with Crippen LogP contribution in [0.2, 0.25) is 5.02 Å². The summed E-state index contributed by atoms with van der Waals surface area (Å²) in [5.74, 6) is -0.237. The van der Waals surface area contributed by atoms with Gasteiger partial charge >= 0.3 is 0 Å². The van der Waals surface area contributed by atoms with Gasteiger partial charge in [0.2, 0.25) is 17.7 Å². The smallest absolute Gasteiger partial charge is 0.238 e. The summed E-state index contributed by atoms with van der Waals surface area (Å²) in [6, 6.07) is 15.6. The molecule has 7 nitrogen and oxygen atoms in total. The highest BCUT2D eigenvalue weighted by atomic mass is 35.5. The van der Waals surface area contributed by atoms with Gasteiger partial charge in [-0.2, -0.15) is 0 Å². The number of carbonyl (C=O) groups excluding carboxylic acids is 3. The Morgan fingerprint density at radius 1 is 1.12 bits per heavy atom. The molecule has 0 aromatic heterocycles. The summed E-state index contributed by atoms with van der Waals surface area (Å²) >= 11 is 6.35. The van der Waals surface area contributed by atoms with Crippen LogP contribution in [0.5, 0.6) is 0 Å². The van der Waals surface area contributed by atoms with Gasteiger partial charge in [0.1, 0.15) is 0 Å². The van der Waals surface area contributed by atoms with Gasteiger partial charge in [0, 0.05) is 37.2 Å². The van der Waals surface area contributed by atoms with Gasteiger partial charge in [-0.1, -0.05) is 48.4 Å². The van der Waals surface area contributed by atoms with Crippen LogP contribution in [0.4, 0.5) is 11.4 Å². The van der Waals surface area contributed by atoms with Crippen molar-refractivity contribution in [1.82, 2.24) is 10.2 Å². The number of hydrogen-bond donors (Lipinski definition) is 3. The third-order valence-electron chi connectivity index (χ3n) is 6.59. The van der Waals surface area contributed by atoms with Gasteiger partial charge < -0.3 is 16.0 Å². The molecule has 2 aliphatic heterocycles. The van der Waals surface area contributed by atoms with Crippen molar-refractivity contribution in [3.05, 3.63) is 59.1 Å². The fourth-order valence-electron chi connectivity index (χ4n) is 5.11. The Morgan fingerprint density at radius 3 is 2.65 bits per heavy atom. The van der Waals surface area contributed by atoms with Crippen molar-refractivity contribution in [2.45, 2.75) is 63.6 Å². The van der Waals surface area contributed by atoms with Gasteiger partial charge in [-0.15, -0.1) is 0 Å². The number of amides is 3. The number of fused-ring (bicyclic) bond motifs is 1. The molecular weight excluding hydrogens is 452 g/mol. The fourth-order valence-corrected chi connectivity index (χ4v) is 5.34. The molecule has 34 heavy (non-hydrogen) atoms. The molecule has 3 atom stereocenters. The Morgan fingerprint density at radius 2 is 1.91 bits per heavy atom. The van der Waals surface area contributed by atoms with E-state index in [1.165, 1.54) is 12.5 Å². The highest BCUT2D eigenvalue weighted by Gasteiger charge is 2.42. The molecule has 2 fully saturated rings. The summed E-state index contributed by atoms with van der Waals surface area (Å²) < 4.78 is 0. The fraction of sp³-hybridized carbons (Fsp3) is 0.423. The summed E-state index contributed by atoms with van der Waals surface area (Å²) in [6.45, 7) is 1.65. The van der Waals surface area contributed by atoms with Crippen molar-refractivity contribution in [1.29, 1.82) is 0 Å². The van der Waals surface area contributed by atoms with E-state index in [2.05, 4.69) is 33.0 Å². The average molecular weight is 483 g/mol. The SMILES string of the molecule is CC(=O)Nc1ccc(NC(=O)CN2[C@H](Cc3ccccc3)C[C@H]3NC(=O)CCCC[C@@H]32)c(Cl)c1. The zero-order chi connectivity index (χ0) is 24.1. The first-order valence-electron chi connectivity index (χ1n) is 11.8. The molecular formula is C26H31ClN4O3. The predicted molar refractivity (Wildman–Crippen MR) is 134 cm³/mol. The second-order valence-corrected chi connectivity index (χ2v) is 9.57. The monoisotopic (exact) mass is 482 g/mol. The van der Waals surface area contributed by atoms with Crippen molar-refractivity contribution < 1.29 is 14.4 Å². The molecule has 0 aliphatic carbocycles. The van der Waals surface area contributed by atoms with Crippen LogP contribution in [0.3, 0.4) is 0 Å². The lowest BCUT2D eigenvalue weighted by atomic mass is 9.97. The number of hydrogen-bond acceptors (Lipinski definition) is 4. The molecule has 2 saturated heterocycles. The number of carbonyl (C=O) groups is 3. The molecule has 0 spiro atoms. The standard InChI is InChI=1S/C26H31ClN4O3/c1-17(32)28-19-11-12-22(21(27)14-19)29-26(34)16-31-20(13-18-7-3-2-4-8-18)15-23-24(31)9-5-6-10-25(33)30-23/h2-4,7-8,11-12,14,20,23-24H,5-6,9-10,13,15-16H2,1H3,(H,28,32)(H,29,34)(H,30,33)/t20-,23-,24+/m1/s1. The lowest BCUT2D eigenvalue weighted by molar-refractivity contribution is -0.122. The van der Waals surface area contributed by atoms with Crippen molar-refractivity contribution in [3.8, 4) is 0 Å². The Kier molecular flexibility index (Phi) is 7.85. The van der Waals surface area contributed by atoms with Gasteiger partial charge in [0.05, 0.1) is 17.3 Å². The molecule has 3 N–H and O–H groups in total. The van der Waals surface area contributed by atoms with Crippen LogP contribution in [0.25, 0.3) is 0 Å². The van der Waals surface area contributed by atoms with Gasteiger partial charge in [0.25, 0.3) is 0 Å². The third kappa shape index (κ3) is 6.15. The molecule has 3 amide bonds. The van der Waals surface area contributed by atoms with Crippen LogP contribution in [-0.2, 0) is 20.8 Å². The minimum absolute atomic E-state index is 0.0508.